The molecule has 3 rings (SSSR count). The summed E-state index contributed by atoms with van der Waals surface area (Å²) < 4.78 is 13.5. The van der Waals surface area contributed by atoms with Crippen LogP contribution in [-0.2, 0) is 9.59 Å². The molecule has 3 aliphatic rings. The first kappa shape index (κ1) is 13.8. The molecule has 3 fully saturated rings. The van der Waals surface area contributed by atoms with Gasteiger partial charge >= 0.3 is 5.97 Å². The molecule has 1 aliphatic heterocycles. The normalized spacial score (nSPS) is 40.6. The Morgan fingerprint density at radius 2 is 1.85 bits per heavy atom. The van der Waals surface area contributed by atoms with Crippen molar-refractivity contribution in [1.29, 1.82) is 0 Å². The number of nitrogens with zero attached hydrogens (tertiary/aromatic N) is 1. The molecule has 2 aliphatic carbocycles. The van der Waals surface area contributed by atoms with Gasteiger partial charge in [0.2, 0.25) is 5.91 Å². The molecule has 0 aromatic heterocycles. The molecule has 2 saturated carbocycles. The average molecular weight is 283 g/mol. The van der Waals surface area contributed by atoms with E-state index in [0.29, 0.717) is 25.3 Å². The number of likely N-dealkylation sites (tertiary alicyclic amines) is 1. The number of hydrogen-bond donors (Lipinski definition) is 1. The summed E-state index contributed by atoms with van der Waals surface area (Å²) in [6, 6.07) is -0.671. The van der Waals surface area contributed by atoms with Gasteiger partial charge < -0.3 is 10.0 Å². The fraction of sp³-hybridized carbons (Fsp3) is 0.867. The minimum atomic E-state index is -0.900. The van der Waals surface area contributed by atoms with E-state index in [4.69, 9.17) is 0 Å². The minimum absolute atomic E-state index is 0.112. The zero-order valence-corrected chi connectivity index (χ0v) is 11.6. The first-order chi connectivity index (χ1) is 9.58. The summed E-state index contributed by atoms with van der Waals surface area (Å²) in [7, 11) is 0. The second kappa shape index (κ2) is 5.34. The number of fused-ring (bicyclic) bond motifs is 1. The first-order valence-electron chi connectivity index (χ1n) is 7.75. The van der Waals surface area contributed by atoms with Gasteiger partial charge in [-0.15, -0.1) is 0 Å². The van der Waals surface area contributed by atoms with Crippen molar-refractivity contribution in [2.45, 2.75) is 57.2 Å². The van der Waals surface area contributed by atoms with Crippen LogP contribution >= 0.6 is 0 Å². The highest BCUT2D eigenvalue weighted by atomic mass is 19.1. The van der Waals surface area contributed by atoms with Crippen LogP contribution in [0, 0.1) is 17.8 Å². The van der Waals surface area contributed by atoms with Crippen LogP contribution in [0.25, 0.3) is 0 Å². The largest absolute Gasteiger partial charge is 0.480 e. The van der Waals surface area contributed by atoms with Crippen LogP contribution in [0.3, 0.4) is 0 Å². The number of aliphatic carboxylic acids is 1. The van der Waals surface area contributed by atoms with E-state index < -0.39 is 18.2 Å². The SMILES string of the molecule is O=C(O)[C@@H]1[C@@H]2CCC[C@@H]2CN1C(=O)[C@H]1CCC[C@H](F)C1. The Balaban J connectivity index is 1.74. The van der Waals surface area contributed by atoms with Gasteiger partial charge in [-0.3, -0.25) is 4.79 Å². The summed E-state index contributed by atoms with van der Waals surface area (Å²) in [6.45, 7) is 0.563. The van der Waals surface area contributed by atoms with Crippen molar-refractivity contribution < 1.29 is 19.1 Å². The standard InChI is InChI=1S/C15H22FNO3/c16-11-5-1-3-9(7-11)14(18)17-8-10-4-2-6-12(10)13(17)15(19)20/h9-13H,1-8H2,(H,19,20)/t9-,10+,11-,12+,13-/m0/s1. The number of carbonyl (C=O) groups excluding carboxylic acids is 1. The number of carboxylic acid groups (broad SMARTS) is 1. The molecule has 1 heterocycles. The molecule has 1 saturated heterocycles. The summed E-state index contributed by atoms with van der Waals surface area (Å²) >= 11 is 0. The third kappa shape index (κ3) is 2.31. The van der Waals surface area contributed by atoms with E-state index in [9.17, 15) is 19.1 Å². The molecule has 1 amide bonds. The highest BCUT2D eigenvalue weighted by Crippen LogP contribution is 2.43. The molecule has 0 unspecified atom stereocenters. The average Bonchev–Trinajstić information content (AvgIpc) is 2.96. The lowest BCUT2D eigenvalue weighted by atomic mass is 9.86. The second-order valence-electron chi connectivity index (χ2n) is 6.59. The van der Waals surface area contributed by atoms with Gasteiger partial charge in [0.05, 0.1) is 0 Å². The lowest BCUT2D eigenvalue weighted by Gasteiger charge is -2.31. The van der Waals surface area contributed by atoms with Gasteiger partial charge in [0.25, 0.3) is 0 Å². The lowest BCUT2D eigenvalue weighted by molar-refractivity contribution is -0.152. The molecule has 5 heteroatoms. The Hall–Kier alpha value is -1.13. The van der Waals surface area contributed by atoms with Crippen molar-refractivity contribution in [3.05, 3.63) is 0 Å². The number of hydrogen-bond acceptors (Lipinski definition) is 2. The Morgan fingerprint density at radius 3 is 2.55 bits per heavy atom. The summed E-state index contributed by atoms with van der Waals surface area (Å²) in [4.78, 5) is 25.7. The number of carboxylic acids is 1. The fourth-order valence-electron chi connectivity index (χ4n) is 4.44. The summed E-state index contributed by atoms with van der Waals surface area (Å²) in [6.07, 6.45) is 4.35. The fourth-order valence-corrected chi connectivity index (χ4v) is 4.44. The number of halogens is 1. The van der Waals surface area contributed by atoms with Gasteiger partial charge in [-0.25, -0.2) is 9.18 Å². The zero-order valence-electron chi connectivity index (χ0n) is 11.6. The van der Waals surface area contributed by atoms with Crippen molar-refractivity contribution in [3.63, 3.8) is 0 Å². The maximum Gasteiger partial charge on any atom is 0.326 e. The third-order valence-electron chi connectivity index (χ3n) is 5.39. The van der Waals surface area contributed by atoms with E-state index >= 15 is 0 Å². The first-order valence-corrected chi connectivity index (χ1v) is 7.75. The van der Waals surface area contributed by atoms with E-state index in [1.165, 1.54) is 0 Å². The van der Waals surface area contributed by atoms with Crippen molar-refractivity contribution in [1.82, 2.24) is 4.90 Å². The monoisotopic (exact) mass is 283 g/mol. The van der Waals surface area contributed by atoms with Crippen LogP contribution < -0.4 is 0 Å². The Labute approximate surface area is 118 Å². The predicted molar refractivity (Wildman–Crippen MR) is 70.8 cm³/mol. The molecule has 0 aromatic carbocycles. The quantitative estimate of drug-likeness (QED) is 0.845. The van der Waals surface area contributed by atoms with Crippen LogP contribution in [0.5, 0.6) is 0 Å². The van der Waals surface area contributed by atoms with Crippen molar-refractivity contribution in [3.8, 4) is 0 Å². The maximum absolute atomic E-state index is 13.5. The van der Waals surface area contributed by atoms with E-state index in [-0.39, 0.29) is 24.2 Å². The Bertz CT molecular complexity index is 414. The summed E-state index contributed by atoms with van der Waals surface area (Å²) in [5, 5.41) is 9.46. The second-order valence-corrected chi connectivity index (χ2v) is 6.59. The van der Waals surface area contributed by atoms with Crippen LogP contribution in [-0.4, -0.2) is 40.6 Å². The Morgan fingerprint density at radius 1 is 1.10 bits per heavy atom. The van der Waals surface area contributed by atoms with Crippen molar-refractivity contribution in [2.24, 2.45) is 17.8 Å². The molecule has 0 spiro atoms. The summed E-state index contributed by atoms with van der Waals surface area (Å²) in [5.74, 6) is -0.861. The topological polar surface area (TPSA) is 57.6 Å². The number of amides is 1. The molecule has 112 valence electrons. The van der Waals surface area contributed by atoms with Crippen molar-refractivity contribution in [2.75, 3.05) is 6.54 Å². The molecule has 0 aromatic rings. The van der Waals surface area contributed by atoms with E-state index in [1.54, 1.807) is 4.90 Å². The van der Waals surface area contributed by atoms with Crippen LogP contribution in [0.1, 0.15) is 44.9 Å². The number of carbonyl (C=O) groups is 2. The Kier molecular flexibility index (Phi) is 3.69. The highest BCUT2D eigenvalue weighted by molar-refractivity contribution is 5.86. The van der Waals surface area contributed by atoms with Gasteiger partial charge in [-0.2, -0.15) is 0 Å². The van der Waals surface area contributed by atoms with Gasteiger partial charge in [-0.05, 0) is 50.4 Å². The molecule has 4 nitrogen and oxygen atoms in total. The maximum atomic E-state index is 13.5. The van der Waals surface area contributed by atoms with Crippen molar-refractivity contribution >= 4 is 11.9 Å². The van der Waals surface area contributed by atoms with E-state index in [0.717, 1.165) is 25.7 Å². The van der Waals surface area contributed by atoms with E-state index in [1.807, 2.05) is 0 Å². The summed E-state index contributed by atoms with van der Waals surface area (Å²) in [5.41, 5.74) is 0. The lowest BCUT2D eigenvalue weighted by Crippen LogP contribution is -2.46. The van der Waals surface area contributed by atoms with Crippen LogP contribution in [0.4, 0.5) is 4.39 Å². The molecular formula is C15H22FNO3. The molecule has 5 atom stereocenters. The molecule has 1 N–H and O–H groups in total. The number of alkyl halides is 1. The van der Waals surface area contributed by atoms with Gasteiger partial charge in [0, 0.05) is 12.5 Å². The van der Waals surface area contributed by atoms with Gasteiger partial charge in [0.15, 0.2) is 0 Å². The third-order valence-corrected chi connectivity index (χ3v) is 5.39. The smallest absolute Gasteiger partial charge is 0.326 e. The molecule has 0 radical (unpaired) electrons. The van der Waals surface area contributed by atoms with E-state index in [2.05, 4.69) is 0 Å². The predicted octanol–water partition coefficient (Wildman–Crippen LogP) is 2.23. The van der Waals surface area contributed by atoms with Crippen LogP contribution in [0.2, 0.25) is 0 Å². The van der Waals surface area contributed by atoms with Gasteiger partial charge in [-0.1, -0.05) is 6.42 Å². The highest BCUT2D eigenvalue weighted by Gasteiger charge is 2.50. The van der Waals surface area contributed by atoms with Crippen LogP contribution in [0.15, 0.2) is 0 Å². The molecule has 0 bridgehead atoms. The minimum Gasteiger partial charge on any atom is -0.480 e. The zero-order chi connectivity index (χ0) is 14.3. The molecule has 20 heavy (non-hydrogen) atoms. The number of rotatable bonds is 2. The van der Waals surface area contributed by atoms with Gasteiger partial charge in [0.1, 0.15) is 12.2 Å². The molecular weight excluding hydrogens is 261 g/mol.